The zero-order valence-corrected chi connectivity index (χ0v) is 16.9. The molecule has 0 bridgehead atoms. The molecule has 3 atom stereocenters. The number of urea groups is 1. The van der Waals surface area contributed by atoms with Gasteiger partial charge in [0.15, 0.2) is 0 Å². The summed E-state index contributed by atoms with van der Waals surface area (Å²) in [7, 11) is 1.64. The fourth-order valence-electron chi connectivity index (χ4n) is 4.58. The van der Waals surface area contributed by atoms with E-state index < -0.39 is 6.10 Å². The Bertz CT molecular complexity index is 885. The van der Waals surface area contributed by atoms with E-state index in [-0.39, 0.29) is 12.1 Å². The molecule has 6 heteroatoms. The molecule has 2 amide bonds. The molecule has 1 saturated carbocycles. The average molecular weight is 396 g/mol. The van der Waals surface area contributed by atoms with E-state index in [0.717, 1.165) is 41.8 Å². The highest BCUT2D eigenvalue weighted by atomic mass is 16.5. The van der Waals surface area contributed by atoms with Gasteiger partial charge in [0.1, 0.15) is 18.1 Å². The first kappa shape index (κ1) is 19.6. The van der Waals surface area contributed by atoms with Crippen LogP contribution in [0.4, 0.5) is 10.5 Å². The van der Waals surface area contributed by atoms with E-state index in [1.165, 1.54) is 0 Å². The standard InChI is InChI=1S/C23H28N2O4/c1-15-18(24-23(27)25-13-12-16-10-11-19(26)22(16)25)7-5-9-20(15)29-14-17-6-3-4-8-21(17)28-2/h3-9,16,19,22,26H,10-14H2,1-2H3,(H,24,27)/t16-,19+,22+/m0/s1. The van der Waals surface area contributed by atoms with Gasteiger partial charge in [-0.25, -0.2) is 4.79 Å². The van der Waals surface area contributed by atoms with Crippen molar-refractivity contribution < 1.29 is 19.4 Å². The van der Waals surface area contributed by atoms with E-state index in [1.807, 2.05) is 49.4 Å². The first-order valence-corrected chi connectivity index (χ1v) is 10.2. The van der Waals surface area contributed by atoms with Crippen LogP contribution in [0.25, 0.3) is 0 Å². The van der Waals surface area contributed by atoms with Gasteiger partial charge in [-0.15, -0.1) is 0 Å². The van der Waals surface area contributed by atoms with Crippen LogP contribution in [0.15, 0.2) is 42.5 Å². The van der Waals surface area contributed by atoms with Gasteiger partial charge in [-0.1, -0.05) is 24.3 Å². The van der Waals surface area contributed by atoms with Gasteiger partial charge in [-0.3, -0.25) is 0 Å². The summed E-state index contributed by atoms with van der Waals surface area (Å²) >= 11 is 0. The number of benzene rings is 2. The van der Waals surface area contributed by atoms with Crippen molar-refractivity contribution in [3.63, 3.8) is 0 Å². The molecule has 2 fully saturated rings. The smallest absolute Gasteiger partial charge is 0.322 e. The minimum Gasteiger partial charge on any atom is -0.496 e. The highest BCUT2D eigenvalue weighted by Crippen LogP contribution is 2.38. The van der Waals surface area contributed by atoms with Crippen LogP contribution < -0.4 is 14.8 Å². The number of carbonyl (C=O) groups excluding carboxylic acids is 1. The van der Waals surface area contributed by atoms with Crippen LogP contribution in [0.5, 0.6) is 11.5 Å². The number of hydrogen-bond acceptors (Lipinski definition) is 4. The van der Waals surface area contributed by atoms with Gasteiger partial charge in [-0.05, 0) is 50.3 Å². The zero-order valence-electron chi connectivity index (χ0n) is 16.9. The maximum Gasteiger partial charge on any atom is 0.322 e. The monoisotopic (exact) mass is 396 g/mol. The number of para-hydroxylation sites is 1. The van der Waals surface area contributed by atoms with Crippen LogP contribution in [0.1, 0.15) is 30.4 Å². The van der Waals surface area contributed by atoms with E-state index in [0.29, 0.717) is 24.8 Å². The molecule has 1 aliphatic heterocycles. The molecule has 0 unspecified atom stereocenters. The number of aliphatic hydroxyl groups is 1. The lowest BCUT2D eigenvalue weighted by atomic mass is 10.0. The second-order valence-corrected chi connectivity index (χ2v) is 7.84. The van der Waals surface area contributed by atoms with E-state index in [1.54, 1.807) is 12.0 Å². The number of anilines is 1. The highest BCUT2D eigenvalue weighted by molar-refractivity contribution is 5.91. The van der Waals surface area contributed by atoms with Gasteiger partial charge in [0, 0.05) is 23.4 Å². The lowest BCUT2D eigenvalue weighted by Crippen LogP contribution is -2.44. The number of ether oxygens (including phenoxy) is 2. The molecule has 29 heavy (non-hydrogen) atoms. The molecule has 0 radical (unpaired) electrons. The molecule has 0 spiro atoms. The van der Waals surface area contributed by atoms with Crippen molar-refractivity contribution >= 4 is 11.7 Å². The van der Waals surface area contributed by atoms with Crippen molar-refractivity contribution in [3.8, 4) is 11.5 Å². The first-order chi connectivity index (χ1) is 14.1. The molecule has 1 saturated heterocycles. The first-order valence-electron chi connectivity index (χ1n) is 10.2. The number of amides is 2. The van der Waals surface area contributed by atoms with Crippen molar-refractivity contribution in [3.05, 3.63) is 53.6 Å². The van der Waals surface area contributed by atoms with Gasteiger partial charge in [0.05, 0.1) is 19.3 Å². The van der Waals surface area contributed by atoms with Gasteiger partial charge < -0.3 is 24.8 Å². The van der Waals surface area contributed by atoms with Gasteiger partial charge in [-0.2, -0.15) is 0 Å². The third-order valence-electron chi connectivity index (χ3n) is 6.17. The second-order valence-electron chi connectivity index (χ2n) is 7.84. The summed E-state index contributed by atoms with van der Waals surface area (Å²) in [5, 5.41) is 13.3. The number of rotatable bonds is 5. The Morgan fingerprint density at radius 3 is 2.76 bits per heavy atom. The van der Waals surface area contributed by atoms with Gasteiger partial charge in [0.25, 0.3) is 0 Å². The van der Waals surface area contributed by atoms with Crippen molar-refractivity contribution in [1.82, 2.24) is 4.90 Å². The van der Waals surface area contributed by atoms with Gasteiger partial charge >= 0.3 is 6.03 Å². The number of nitrogens with one attached hydrogen (secondary N) is 1. The molecule has 154 valence electrons. The van der Waals surface area contributed by atoms with Crippen molar-refractivity contribution in [1.29, 1.82) is 0 Å². The Labute approximate surface area is 171 Å². The Morgan fingerprint density at radius 2 is 1.93 bits per heavy atom. The third-order valence-corrected chi connectivity index (χ3v) is 6.17. The Balaban J connectivity index is 1.45. The molecule has 2 N–H and O–H groups in total. The molecule has 2 aliphatic rings. The minimum absolute atomic E-state index is 0.0553. The normalized spacial score (nSPS) is 23.0. The molecule has 1 aliphatic carbocycles. The largest absolute Gasteiger partial charge is 0.496 e. The molecule has 6 nitrogen and oxygen atoms in total. The Kier molecular flexibility index (Phi) is 5.62. The van der Waals surface area contributed by atoms with Crippen LogP contribution in [0, 0.1) is 12.8 Å². The topological polar surface area (TPSA) is 71.0 Å². The molecule has 1 heterocycles. The van der Waals surface area contributed by atoms with E-state index in [9.17, 15) is 9.90 Å². The van der Waals surface area contributed by atoms with Crippen LogP contribution in [-0.4, -0.2) is 41.8 Å². The van der Waals surface area contributed by atoms with Crippen molar-refractivity contribution in [2.24, 2.45) is 5.92 Å². The fraction of sp³-hybridized carbons (Fsp3) is 0.435. The lowest BCUT2D eigenvalue weighted by molar-refractivity contribution is 0.101. The Hall–Kier alpha value is -2.73. The lowest BCUT2D eigenvalue weighted by Gasteiger charge is -2.27. The Morgan fingerprint density at radius 1 is 1.14 bits per heavy atom. The van der Waals surface area contributed by atoms with Crippen LogP contribution in [0.2, 0.25) is 0 Å². The van der Waals surface area contributed by atoms with E-state index in [2.05, 4.69) is 5.32 Å². The summed E-state index contributed by atoms with van der Waals surface area (Å²) in [6, 6.07) is 13.2. The molecule has 0 aromatic heterocycles. The SMILES string of the molecule is COc1ccccc1COc1cccc(NC(=O)N2CC[C@@H]3CC[C@@H](O)[C@@H]32)c1C. The molecular weight excluding hydrogens is 368 g/mol. The number of fused-ring (bicyclic) bond motifs is 1. The van der Waals surface area contributed by atoms with Gasteiger partial charge in [0.2, 0.25) is 0 Å². The third kappa shape index (κ3) is 3.90. The summed E-state index contributed by atoms with van der Waals surface area (Å²) in [6.07, 6.45) is 2.34. The summed E-state index contributed by atoms with van der Waals surface area (Å²) in [4.78, 5) is 14.7. The summed E-state index contributed by atoms with van der Waals surface area (Å²) in [5.41, 5.74) is 2.56. The maximum absolute atomic E-state index is 12.9. The maximum atomic E-state index is 12.9. The van der Waals surface area contributed by atoms with Crippen molar-refractivity contribution in [2.45, 2.75) is 44.9 Å². The fourth-order valence-corrected chi connectivity index (χ4v) is 4.58. The molecular formula is C23H28N2O4. The molecule has 2 aromatic rings. The number of likely N-dealkylation sites (tertiary alicyclic amines) is 1. The minimum atomic E-state index is -0.412. The summed E-state index contributed by atoms with van der Waals surface area (Å²) < 4.78 is 11.4. The predicted molar refractivity (Wildman–Crippen MR) is 111 cm³/mol. The molecule has 2 aromatic carbocycles. The summed E-state index contributed by atoms with van der Waals surface area (Å²) in [5.74, 6) is 1.93. The number of hydrogen-bond donors (Lipinski definition) is 2. The molecule has 4 rings (SSSR count). The quantitative estimate of drug-likeness (QED) is 0.803. The number of methoxy groups -OCH3 is 1. The zero-order chi connectivity index (χ0) is 20.4. The van der Waals surface area contributed by atoms with Crippen LogP contribution in [-0.2, 0) is 6.61 Å². The predicted octanol–water partition coefficient (Wildman–Crippen LogP) is 3.96. The number of nitrogens with zero attached hydrogens (tertiary/aromatic N) is 1. The van der Waals surface area contributed by atoms with E-state index >= 15 is 0 Å². The second kappa shape index (κ2) is 8.33. The summed E-state index contributed by atoms with van der Waals surface area (Å²) in [6.45, 7) is 3.01. The van der Waals surface area contributed by atoms with Crippen LogP contribution >= 0.6 is 0 Å². The average Bonchev–Trinajstić information content (AvgIpc) is 3.32. The van der Waals surface area contributed by atoms with Crippen LogP contribution in [0.3, 0.4) is 0 Å². The number of aliphatic hydroxyl groups excluding tert-OH is 1. The van der Waals surface area contributed by atoms with Crippen molar-refractivity contribution in [2.75, 3.05) is 19.0 Å². The number of carbonyl (C=O) groups is 1. The van der Waals surface area contributed by atoms with E-state index in [4.69, 9.17) is 9.47 Å². The highest BCUT2D eigenvalue weighted by Gasteiger charge is 2.45.